The van der Waals surface area contributed by atoms with E-state index < -0.39 is 5.97 Å². The summed E-state index contributed by atoms with van der Waals surface area (Å²) in [5.74, 6) is -0.655. The summed E-state index contributed by atoms with van der Waals surface area (Å²) >= 11 is 0. The van der Waals surface area contributed by atoms with Gasteiger partial charge in [0.1, 0.15) is 18.2 Å². The maximum Gasteiger partial charge on any atom is 0.348 e. The van der Waals surface area contributed by atoms with Crippen molar-refractivity contribution in [3.8, 4) is 6.07 Å². The lowest BCUT2D eigenvalue weighted by atomic mass is 10.2. The van der Waals surface area contributed by atoms with Gasteiger partial charge in [-0.15, -0.1) is 0 Å². The largest absolute Gasteiger partial charge is 0.459 e. The molecule has 0 atom stereocenters. The first-order valence-electron chi connectivity index (χ1n) is 7.44. The lowest BCUT2D eigenvalue weighted by Gasteiger charge is -2.19. The summed E-state index contributed by atoms with van der Waals surface area (Å²) in [6.45, 7) is 5.37. The molecular formula is C16H26N2O5. The van der Waals surface area contributed by atoms with Gasteiger partial charge in [0.25, 0.3) is 0 Å². The number of carbonyl (C=O) groups excluding carboxylic acids is 1. The second-order valence-corrected chi connectivity index (χ2v) is 4.39. The van der Waals surface area contributed by atoms with Gasteiger partial charge in [0, 0.05) is 33.9 Å². The Bertz CT molecular complexity index is 407. The molecule has 0 rings (SSSR count). The molecule has 130 valence electrons. The van der Waals surface area contributed by atoms with Crippen molar-refractivity contribution >= 4 is 5.97 Å². The van der Waals surface area contributed by atoms with E-state index >= 15 is 0 Å². The Hall–Kier alpha value is -1.88. The first-order valence-corrected chi connectivity index (χ1v) is 7.44. The second-order valence-electron chi connectivity index (χ2n) is 4.39. The van der Waals surface area contributed by atoms with Crippen molar-refractivity contribution in [2.24, 2.45) is 0 Å². The summed E-state index contributed by atoms with van der Waals surface area (Å²) in [6.07, 6.45) is 4.84. The maximum absolute atomic E-state index is 11.7. The molecule has 0 saturated carbocycles. The van der Waals surface area contributed by atoms with Crippen molar-refractivity contribution in [3.63, 3.8) is 0 Å². The number of carbonyl (C=O) groups is 1. The van der Waals surface area contributed by atoms with Crippen LogP contribution in [0.15, 0.2) is 23.9 Å². The molecular weight excluding hydrogens is 300 g/mol. The Morgan fingerprint density at radius 3 is 2.30 bits per heavy atom. The van der Waals surface area contributed by atoms with Crippen LogP contribution in [-0.4, -0.2) is 71.2 Å². The molecule has 0 fully saturated rings. The number of nitrogens with zero attached hydrogens (tertiary/aromatic N) is 2. The van der Waals surface area contributed by atoms with Gasteiger partial charge >= 0.3 is 5.97 Å². The van der Waals surface area contributed by atoms with Gasteiger partial charge in [-0.2, -0.15) is 5.26 Å². The van der Waals surface area contributed by atoms with Crippen LogP contribution in [0.25, 0.3) is 0 Å². The molecule has 0 N–H and O–H groups in total. The summed E-state index contributed by atoms with van der Waals surface area (Å²) in [7, 11) is 3.26. The molecule has 0 bridgehead atoms. The van der Waals surface area contributed by atoms with E-state index in [1.807, 2.05) is 17.9 Å². The zero-order valence-electron chi connectivity index (χ0n) is 14.1. The summed E-state index contributed by atoms with van der Waals surface area (Å²) in [6, 6.07) is 1.83. The first kappa shape index (κ1) is 21.1. The highest BCUT2D eigenvalue weighted by atomic mass is 16.6. The molecule has 7 heteroatoms. The average Bonchev–Trinajstić information content (AvgIpc) is 2.57. The average molecular weight is 326 g/mol. The molecule has 23 heavy (non-hydrogen) atoms. The monoisotopic (exact) mass is 326 g/mol. The fraction of sp³-hybridized carbons (Fsp3) is 0.625. The number of esters is 1. The minimum Gasteiger partial charge on any atom is -0.459 e. The number of hydrogen-bond acceptors (Lipinski definition) is 7. The van der Waals surface area contributed by atoms with Gasteiger partial charge in [-0.3, -0.25) is 0 Å². The summed E-state index contributed by atoms with van der Waals surface area (Å²) in [5, 5.41) is 9.01. The van der Waals surface area contributed by atoms with Crippen LogP contribution in [0, 0.1) is 11.3 Å². The van der Waals surface area contributed by atoms with Crippen molar-refractivity contribution in [3.05, 3.63) is 23.9 Å². The van der Waals surface area contributed by atoms with E-state index in [0.29, 0.717) is 39.5 Å². The lowest BCUT2D eigenvalue weighted by molar-refractivity contribution is -0.140. The Balaban J connectivity index is 4.50. The van der Waals surface area contributed by atoms with Crippen LogP contribution in [-0.2, 0) is 23.7 Å². The Morgan fingerprint density at radius 2 is 1.78 bits per heavy atom. The topological polar surface area (TPSA) is 81.0 Å². The molecule has 0 heterocycles. The van der Waals surface area contributed by atoms with Gasteiger partial charge in [0.15, 0.2) is 0 Å². The van der Waals surface area contributed by atoms with E-state index in [9.17, 15) is 4.79 Å². The Labute approximate surface area is 138 Å². The predicted molar refractivity (Wildman–Crippen MR) is 85.6 cm³/mol. The number of hydrogen-bond donors (Lipinski definition) is 0. The predicted octanol–water partition coefficient (Wildman–Crippen LogP) is 1.12. The maximum atomic E-state index is 11.7. The molecule has 0 radical (unpaired) electrons. The lowest BCUT2D eigenvalue weighted by Crippen LogP contribution is -2.25. The normalized spacial score (nSPS) is 11.5. The van der Waals surface area contributed by atoms with Crippen molar-refractivity contribution < 1.29 is 23.7 Å². The molecule has 0 aromatic heterocycles. The standard InChI is InChI=1S/C16H26N2O5/c1-4-22-12-13-23-16(19)15(14-17)6-5-7-18(8-10-20-2)9-11-21-3/h5-7H,4,8-13H2,1-3H3. The number of ether oxygens (including phenoxy) is 4. The fourth-order valence-electron chi connectivity index (χ4n) is 1.51. The van der Waals surface area contributed by atoms with Gasteiger partial charge in [0.05, 0.1) is 19.8 Å². The van der Waals surface area contributed by atoms with Gasteiger partial charge in [0.2, 0.25) is 0 Å². The quantitative estimate of drug-likeness (QED) is 0.165. The van der Waals surface area contributed by atoms with Crippen molar-refractivity contribution in [1.82, 2.24) is 4.90 Å². The third-order valence-electron chi connectivity index (χ3n) is 2.73. The van der Waals surface area contributed by atoms with Crippen LogP contribution in [0.5, 0.6) is 0 Å². The van der Waals surface area contributed by atoms with E-state index in [1.54, 1.807) is 26.5 Å². The minimum absolute atomic E-state index is 0.0591. The van der Waals surface area contributed by atoms with Crippen LogP contribution in [0.3, 0.4) is 0 Å². The molecule has 0 aliphatic rings. The third-order valence-corrected chi connectivity index (χ3v) is 2.73. The van der Waals surface area contributed by atoms with Gasteiger partial charge in [-0.1, -0.05) is 0 Å². The number of rotatable bonds is 13. The zero-order valence-corrected chi connectivity index (χ0v) is 14.1. The molecule has 7 nitrogen and oxygen atoms in total. The van der Waals surface area contributed by atoms with E-state index in [4.69, 9.17) is 24.2 Å². The van der Waals surface area contributed by atoms with Crippen LogP contribution < -0.4 is 0 Å². The van der Waals surface area contributed by atoms with E-state index in [-0.39, 0.29) is 12.2 Å². The van der Waals surface area contributed by atoms with E-state index in [2.05, 4.69) is 0 Å². The summed E-state index contributed by atoms with van der Waals surface area (Å²) in [4.78, 5) is 13.7. The molecule has 0 unspecified atom stereocenters. The van der Waals surface area contributed by atoms with E-state index in [0.717, 1.165) is 0 Å². The highest BCUT2D eigenvalue weighted by Crippen LogP contribution is 1.99. The summed E-state index contributed by atoms with van der Waals surface area (Å²) in [5.41, 5.74) is -0.0591. The van der Waals surface area contributed by atoms with Crippen molar-refractivity contribution in [2.45, 2.75) is 6.92 Å². The highest BCUT2D eigenvalue weighted by Gasteiger charge is 2.09. The second kappa shape index (κ2) is 15.0. The number of methoxy groups -OCH3 is 2. The van der Waals surface area contributed by atoms with Crippen LogP contribution in [0.4, 0.5) is 0 Å². The van der Waals surface area contributed by atoms with Crippen LogP contribution in [0.2, 0.25) is 0 Å². The summed E-state index contributed by atoms with van der Waals surface area (Å²) < 4.78 is 20.1. The molecule has 0 amide bonds. The number of allylic oxidation sites excluding steroid dienone is 2. The molecule has 0 spiro atoms. The number of nitriles is 1. The SMILES string of the molecule is CCOCCOC(=O)C(C#N)=CC=CN(CCOC)CCOC. The molecule has 0 aromatic rings. The first-order chi connectivity index (χ1) is 11.2. The van der Waals surface area contributed by atoms with Crippen molar-refractivity contribution in [1.29, 1.82) is 5.26 Å². The molecule has 0 aliphatic heterocycles. The molecule has 0 aliphatic carbocycles. The van der Waals surface area contributed by atoms with E-state index in [1.165, 1.54) is 6.08 Å². The van der Waals surface area contributed by atoms with Gasteiger partial charge < -0.3 is 23.8 Å². The Kier molecular flexibility index (Phi) is 13.8. The van der Waals surface area contributed by atoms with Gasteiger partial charge in [-0.25, -0.2) is 4.79 Å². The smallest absolute Gasteiger partial charge is 0.348 e. The highest BCUT2D eigenvalue weighted by molar-refractivity contribution is 5.93. The molecule has 0 aromatic carbocycles. The van der Waals surface area contributed by atoms with Gasteiger partial charge in [-0.05, 0) is 25.3 Å². The molecule has 0 saturated heterocycles. The zero-order chi connectivity index (χ0) is 17.3. The van der Waals surface area contributed by atoms with Crippen LogP contribution in [0.1, 0.15) is 6.92 Å². The Morgan fingerprint density at radius 1 is 1.13 bits per heavy atom. The fourth-order valence-corrected chi connectivity index (χ4v) is 1.51. The third kappa shape index (κ3) is 11.4. The van der Waals surface area contributed by atoms with Crippen LogP contribution >= 0.6 is 0 Å². The minimum atomic E-state index is -0.655. The van der Waals surface area contributed by atoms with Crippen molar-refractivity contribution in [2.75, 3.05) is 60.3 Å².